The Morgan fingerprint density at radius 3 is 2.20 bits per heavy atom. The van der Waals surface area contributed by atoms with Gasteiger partial charge in [0.2, 0.25) is 0 Å². The molecular weight excluding hydrogens is 532 g/mol. The summed E-state index contributed by atoms with van der Waals surface area (Å²) in [6.45, 7) is 7.19. The highest BCUT2D eigenvalue weighted by Gasteiger charge is 2.25. The van der Waals surface area contributed by atoms with E-state index in [2.05, 4.69) is 28.0 Å². The Hall–Kier alpha value is -3.10. The third-order valence-electron chi connectivity index (χ3n) is 8.49. The molecule has 4 aromatic rings. The van der Waals surface area contributed by atoms with E-state index < -0.39 is 10.8 Å². The monoisotopic (exact) mass is 572 g/mol. The molecule has 1 aromatic heterocycles. The number of rotatable bonds is 11. The fourth-order valence-electron chi connectivity index (χ4n) is 6.25. The smallest absolute Gasteiger partial charge is 0.184 e. The molecule has 7 heteroatoms. The first kappa shape index (κ1) is 28.0. The third-order valence-corrected chi connectivity index (χ3v) is 10.1. The minimum Gasteiger partial charge on any atom is -0.590 e. The Morgan fingerprint density at radius 2 is 1.49 bits per heavy atom. The molecule has 2 fully saturated rings. The summed E-state index contributed by atoms with van der Waals surface area (Å²) in [5, 5.41) is 1.02. The molecule has 0 spiro atoms. The first-order chi connectivity index (χ1) is 20.1. The lowest BCUT2D eigenvalue weighted by Gasteiger charge is -2.17. The quantitative estimate of drug-likeness (QED) is 0.182. The van der Waals surface area contributed by atoms with Crippen LogP contribution in [0.2, 0.25) is 0 Å². The van der Waals surface area contributed by atoms with Gasteiger partial charge in [-0.3, -0.25) is 9.80 Å². The number of benzene rings is 3. The molecule has 0 amide bonds. The highest BCUT2D eigenvalue weighted by Crippen LogP contribution is 2.47. The van der Waals surface area contributed by atoms with Gasteiger partial charge in [0.05, 0.1) is 14.2 Å². The predicted molar refractivity (Wildman–Crippen MR) is 166 cm³/mol. The van der Waals surface area contributed by atoms with E-state index in [1.54, 1.807) is 14.2 Å². The molecule has 0 aliphatic carbocycles. The summed E-state index contributed by atoms with van der Waals surface area (Å²) in [6, 6.07) is 20.5. The molecule has 2 aliphatic rings. The van der Waals surface area contributed by atoms with Crippen molar-refractivity contribution >= 4 is 20.8 Å². The maximum atomic E-state index is 14.0. The summed E-state index contributed by atoms with van der Waals surface area (Å²) < 4.78 is 32.1. The summed E-state index contributed by atoms with van der Waals surface area (Å²) in [5.74, 6) is 2.48. The molecule has 41 heavy (non-hydrogen) atoms. The van der Waals surface area contributed by atoms with Crippen LogP contribution < -0.4 is 14.2 Å². The summed E-state index contributed by atoms with van der Waals surface area (Å²) in [5.41, 5.74) is 4.39. The molecule has 6 nitrogen and oxygen atoms in total. The van der Waals surface area contributed by atoms with Crippen LogP contribution in [0.4, 0.5) is 0 Å². The maximum Gasteiger partial charge on any atom is 0.184 e. The average Bonchev–Trinajstić information content (AvgIpc) is 3.77. The van der Waals surface area contributed by atoms with Crippen molar-refractivity contribution in [3.63, 3.8) is 0 Å². The Morgan fingerprint density at radius 1 is 0.780 bits per heavy atom. The molecule has 0 radical (unpaired) electrons. The number of fused-ring (bicyclic) bond motifs is 1. The first-order valence-corrected chi connectivity index (χ1v) is 15.9. The van der Waals surface area contributed by atoms with Crippen molar-refractivity contribution in [2.75, 3.05) is 53.6 Å². The van der Waals surface area contributed by atoms with Crippen molar-refractivity contribution < 1.29 is 18.8 Å². The first-order valence-electron chi connectivity index (χ1n) is 14.8. The molecular formula is C34H40N2O4S. The van der Waals surface area contributed by atoms with Gasteiger partial charge in [-0.05, 0) is 111 Å². The van der Waals surface area contributed by atoms with Crippen LogP contribution in [0.3, 0.4) is 0 Å². The van der Waals surface area contributed by atoms with Crippen molar-refractivity contribution in [2.24, 2.45) is 0 Å². The van der Waals surface area contributed by atoms with Gasteiger partial charge in [0.1, 0.15) is 23.9 Å². The van der Waals surface area contributed by atoms with Crippen LogP contribution in [0.15, 0.2) is 60.7 Å². The van der Waals surface area contributed by atoms with E-state index in [0.717, 1.165) is 69.3 Å². The van der Waals surface area contributed by atoms with Gasteiger partial charge in [0.15, 0.2) is 9.58 Å². The fraction of sp³-hybridized carbons (Fsp3) is 0.412. The number of hydrogen-bond acceptors (Lipinski definition) is 6. The molecule has 216 valence electrons. The summed E-state index contributed by atoms with van der Waals surface area (Å²) in [6.07, 6.45) is 5.77. The van der Waals surface area contributed by atoms with Gasteiger partial charge in [0, 0.05) is 47.7 Å². The van der Waals surface area contributed by atoms with Gasteiger partial charge in [-0.25, -0.2) is 0 Å². The largest absolute Gasteiger partial charge is 0.590 e. The van der Waals surface area contributed by atoms with Gasteiger partial charge in [-0.1, -0.05) is 12.1 Å². The second kappa shape index (κ2) is 12.8. The van der Waals surface area contributed by atoms with E-state index >= 15 is 0 Å². The second-order valence-electron chi connectivity index (χ2n) is 11.2. The maximum absolute atomic E-state index is 14.0. The molecule has 0 N–H and O–H groups in total. The van der Waals surface area contributed by atoms with Crippen molar-refractivity contribution in [1.29, 1.82) is 0 Å². The number of ether oxygens (including phenoxy) is 3. The summed E-state index contributed by atoms with van der Waals surface area (Å²) in [4.78, 5) is 5.80. The number of hydrogen-bond donors (Lipinski definition) is 0. The van der Waals surface area contributed by atoms with Crippen LogP contribution in [0.5, 0.6) is 17.2 Å². The van der Waals surface area contributed by atoms with E-state index in [9.17, 15) is 4.55 Å². The van der Waals surface area contributed by atoms with E-state index in [1.165, 1.54) is 44.3 Å². The zero-order valence-electron chi connectivity index (χ0n) is 24.2. The van der Waals surface area contributed by atoms with E-state index in [4.69, 9.17) is 14.2 Å². The lowest BCUT2D eigenvalue weighted by Crippen LogP contribution is -2.25. The molecule has 3 aromatic carbocycles. The standard InChI is InChI=1S/C34H40N2O4S/c1-38-29-13-14-30-31(21-25-7-8-27(32(22-25)39-2)24-36-17-5-6-18-36)34(41(37)33(30)23-29)26-9-11-28(12-10-26)40-20-19-35-15-3-4-16-35/h7-14,22-23H,3-6,15-21,24H2,1-2H3. The van der Waals surface area contributed by atoms with Crippen LogP contribution in [-0.2, 0) is 13.0 Å². The number of methoxy groups -OCH3 is 2. The minimum absolute atomic E-state index is 0.662. The van der Waals surface area contributed by atoms with Crippen molar-refractivity contribution in [1.82, 2.24) is 9.80 Å². The zero-order valence-corrected chi connectivity index (χ0v) is 25.0. The van der Waals surface area contributed by atoms with Gasteiger partial charge < -0.3 is 18.8 Å². The van der Waals surface area contributed by atoms with Crippen molar-refractivity contribution in [3.8, 4) is 27.7 Å². The van der Waals surface area contributed by atoms with Crippen LogP contribution in [-0.4, -0.2) is 67.9 Å². The molecule has 3 heterocycles. The second-order valence-corrected chi connectivity index (χ2v) is 12.6. The van der Waals surface area contributed by atoms with Crippen LogP contribution in [0.25, 0.3) is 20.5 Å². The number of likely N-dealkylation sites (tertiary alicyclic amines) is 2. The molecule has 0 bridgehead atoms. The minimum atomic E-state index is -1.32. The van der Waals surface area contributed by atoms with Crippen molar-refractivity contribution in [2.45, 2.75) is 38.6 Å². The lowest BCUT2D eigenvalue weighted by atomic mass is 9.97. The Labute approximate surface area is 246 Å². The van der Waals surface area contributed by atoms with Crippen LogP contribution >= 0.6 is 10.8 Å². The molecule has 6 rings (SSSR count). The third kappa shape index (κ3) is 6.24. The highest BCUT2D eigenvalue weighted by molar-refractivity contribution is 7.34. The van der Waals surface area contributed by atoms with Gasteiger partial charge in [-0.2, -0.15) is 0 Å². The Kier molecular flexibility index (Phi) is 8.77. The Bertz CT molecular complexity index is 1470. The number of thiophene rings is 1. The fourth-order valence-corrected chi connectivity index (χ4v) is 7.84. The van der Waals surface area contributed by atoms with Crippen LogP contribution in [0.1, 0.15) is 42.4 Å². The normalized spacial score (nSPS) is 16.5. The number of nitrogens with zero attached hydrogens (tertiary/aromatic N) is 2. The molecule has 2 saturated heterocycles. The highest BCUT2D eigenvalue weighted by atomic mass is 32.2. The average molecular weight is 573 g/mol. The van der Waals surface area contributed by atoms with E-state index in [0.29, 0.717) is 18.8 Å². The van der Waals surface area contributed by atoms with Gasteiger partial charge in [0.25, 0.3) is 0 Å². The molecule has 1 atom stereocenters. The predicted octanol–water partition coefficient (Wildman–Crippen LogP) is 6.91. The zero-order chi connectivity index (χ0) is 28.2. The van der Waals surface area contributed by atoms with Gasteiger partial charge >= 0.3 is 0 Å². The molecule has 1 unspecified atom stereocenters. The van der Waals surface area contributed by atoms with E-state index in [1.807, 2.05) is 42.5 Å². The van der Waals surface area contributed by atoms with Gasteiger partial charge in [-0.15, -0.1) is 0 Å². The Balaban J connectivity index is 1.29. The summed E-state index contributed by atoms with van der Waals surface area (Å²) in [7, 11) is 2.08. The van der Waals surface area contributed by atoms with Crippen molar-refractivity contribution in [3.05, 3.63) is 77.4 Å². The lowest BCUT2D eigenvalue weighted by molar-refractivity contribution is 0.238. The topological polar surface area (TPSA) is 57.2 Å². The van der Waals surface area contributed by atoms with E-state index in [-0.39, 0.29) is 0 Å². The van der Waals surface area contributed by atoms with Crippen LogP contribution in [0, 0.1) is 0 Å². The molecule has 0 saturated carbocycles. The molecule has 2 aliphatic heterocycles. The summed E-state index contributed by atoms with van der Waals surface area (Å²) >= 11 is 0. The SMILES string of the molecule is COc1ccc2c(Cc3ccc(CN4CCCC4)c(OC)c3)c(-c3ccc(OCCN4CCCC4)cc3)[s+]([O-])c2c1.